The Kier molecular flexibility index (Phi) is 6.34. The van der Waals surface area contributed by atoms with Crippen molar-refractivity contribution in [1.29, 1.82) is 0 Å². The highest BCUT2D eigenvalue weighted by molar-refractivity contribution is 5.94. The van der Waals surface area contributed by atoms with Gasteiger partial charge in [-0.05, 0) is 12.0 Å². The molecule has 2 aromatic rings. The number of aromatic amines is 1. The molecule has 0 saturated heterocycles. The molecule has 0 radical (unpaired) electrons. The summed E-state index contributed by atoms with van der Waals surface area (Å²) in [6.07, 6.45) is 1.94. The Bertz CT molecular complexity index is 846. The van der Waals surface area contributed by atoms with E-state index >= 15 is 0 Å². The normalized spacial score (nSPS) is 14.3. The molecule has 1 aromatic heterocycles. The van der Waals surface area contributed by atoms with Crippen molar-refractivity contribution in [3.63, 3.8) is 0 Å². The minimum absolute atomic E-state index is 0.0160. The summed E-state index contributed by atoms with van der Waals surface area (Å²) in [5.74, 6) is 0.957. The van der Waals surface area contributed by atoms with E-state index in [2.05, 4.69) is 29.4 Å². The molecule has 0 saturated carbocycles. The predicted octanol–water partition coefficient (Wildman–Crippen LogP) is 2.32. The number of aromatic nitrogens is 2. The summed E-state index contributed by atoms with van der Waals surface area (Å²) in [6, 6.07) is 7.54. The number of carbonyl (C=O) groups is 2. The molecular weight excluding hydrogens is 356 g/mol. The number of carbonyl (C=O) groups excluding carboxylic acids is 2. The molecule has 28 heavy (non-hydrogen) atoms. The van der Waals surface area contributed by atoms with Gasteiger partial charge in [-0.2, -0.15) is 5.10 Å². The van der Waals surface area contributed by atoms with E-state index in [0.29, 0.717) is 43.4 Å². The van der Waals surface area contributed by atoms with E-state index in [0.717, 1.165) is 23.2 Å². The number of benzene rings is 1. The fourth-order valence-electron chi connectivity index (χ4n) is 3.31. The molecule has 0 fully saturated rings. The summed E-state index contributed by atoms with van der Waals surface area (Å²) in [5.41, 5.74) is 3.02. The van der Waals surface area contributed by atoms with Crippen molar-refractivity contribution in [2.45, 2.75) is 39.7 Å². The van der Waals surface area contributed by atoms with Crippen LogP contribution < -0.4 is 10.1 Å². The van der Waals surface area contributed by atoms with Gasteiger partial charge in [0.2, 0.25) is 5.91 Å². The molecule has 150 valence electrons. The maximum Gasteiger partial charge on any atom is 0.272 e. The molecule has 1 aromatic carbocycles. The Morgan fingerprint density at radius 2 is 2.14 bits per heavy atom. The number of nitrogens with zero attached hydrogens (tertiary/aromatic N) is 2. The van der Waals surface area contributed by atoms with Gasteiger partial charge in [-0.15, -0.1) is 0 Å². The molecule has 0 spiro atoms. The molecule has 2 N–H and O–H groups in total. The second-order valence-corrected chi connectivity index (χ2v) is 7.31. The molecule has 0 unspecified atom stereocenters. The highest BCUT2D eigenvalue weighted by Gasteiger charge is 2.28. The van der Waals surface area contributed by atoms with Gasteiger partial charge in [-0.1, -0.05) is 38.5 Å². The smallest absolute Gasteiger partial charge is 0.272 e. The molecule has 0 bridgehead atoms. The van der Waals surface area contributed by atoms with Crippen LogP contribution in [0.2, 0.25) is 0 Å². The number of nitrogens with one attached hydrogen (secondary N) is 2. The molecule has 2 amide bonds. The fourth-order valence-corrected chi connectivity index (χ4v) is 3.31. The molecular formula is C21H28N4O3. The van der Waals surface area contributed by atoms with E-state index in [4.69, 9.17) is 4.74 Å². The first kappa shape index (κ1) is 19.9. The van der Waals surface area contributed by atoms with Crippen molar-refractivity contribution in [3.05, 3.63) is 46.8 Å². The van der Waals surface area contributed by atoms with Crippen molar-refractivity contribution >= 4 is 11.8 Å². The first-order chi connectivity index (χ1) is 13.5. The van der Waals surface area contributed by atoms with Gasteiger partial charge in [0.15, 0.2) is 5.69 Å². The number of para-hydroxylation sites is 1. The first-order valence-electron chi connectivity index (χ1n) is 9.77. The number of methoxy groups -OCH3 is 1. The van der Waals surface area contributed by atoms with Gasteiger partial charge in [-0.3, -0.25) is 14.7 Å². The maximum absolute atomic E-state index is 12.8. The summed E-state index contributed by atoms with van der Waals surface area (Å²) in [4.78, 5) is 27.2. The predicted molar refractivity (Wildman–Crippen MR) is 106 cm³/mol. The van der Waals surface area contributed by atoms with E-state index in [1.807, 2.05) is 24.3 Å². The van der Waals surface area contributed by atoms with Gasteiger partial charge in [-0.25, -0.2) is 0 Å². The van der Waals surface area contributed by atoms with Gasteiger partial charge in [0.05, 0.1) is 13.5 Å². The summed E-state index contributed by atoms with van der Waals surface area (Å²) in [5, 5.41) is 10.1. The van der Waals surface area contributed by atoms with Gasteiger partial charge < -0.3 is 15.0 Å². The third-order valence-electron chi connectivity index (χ3n) is 5.34. The molecule has 1 atom stereocenters. The first-order valence-corrected chi connectivity index (χ1v) is 9.77. The highest BCUT2D eigenvalue weighted by atomic mass is 16.5. The van der Waals surface area contributed by atoms with Crippen molar-refractivity contribution in [1.82, 2.24) is 20.4 Å². The lowest BCUT2D eigenvalue weighted by atomic mass is 10.0. The molecule has 7 heteroatoms. The maximum atomic E-state index is 12.8. The number of ether oxygens (including phenoxy) is 1. The Morgan fingerprint density at radius 3 is 2.89 bits per heavy atom. The highest BCUT2D eigenvalue weighted by Crippen LogP contribution is 2.23. The topological polar surface area (TPSA) is 87.3 Å². The van der Waals surface area contributed by atoms with Crippen LogP contribution in [0.4, 0.5) is 0 Å². The average Bonchev–Trinajstić information content (AvgIpc) is 3.15. The van der Waals surface area contributed by atoms with Gasteiger partial charge in [0, 0.05) is 42.9 Å². The van der Waals surface area contributed by atoms with E-state index in [1.165, 1.54) is 0 Å². The Morgan fingerprint density at radius 1 is 1.36 bits per heavy atom. The summed E-state index contributed by atoms with van der Waals surface area (Å²) >= 11 is 0. The molecule has 1 aliphatic heterocycles. The van der Waals surface area contributed by atoms with E-state index in [-0.39, 0.29) is 18.2 Å². The zero-order valence-electron chi connectivity index (χ0n) is 16.7. The lowest BCUT2D eigenvalue weighted by Gasteiger charge is -2.27. The van der Waals surface area contributed by atoms with Crippen LogP contribution in [0.3, 0.4) is 0 Å². The van der Waals surface area contributed by atoms with Crippen molar-refractivity contribution < 1.29 is 14.3 Å². The van der Waals surface area contributed by atoms with Gasteiger partial charge in [0.1, 0.15) is 5.75 Å². The minimum atomic E-state index is -0.183. The largest absolute Gasteiger partial charge is 0.496 e. The van der Waals surface area contributed by atoms with Crippen LogP contribution in [0.5, 0.6) is 5.75 Å². The Labute approximate surface area is 165 Å². The van der Waals surface area contributed by atoms with Crippen LogP contribution in [0.1, 0.15) is 47.6 Å². The van der Waals surface area contributed by atoms with E-state index in [9.17, 15) is 9.59 Å². The van der Waals surface area contributed by atoms with Gasteiger partial charge in [0.25, 0.3) is 5.91 Å². The third kappa shape index (κ3) is 4.35. The number of H-pyrrole nitrogens is 1. The molecule has 7 nitrogen and oxygen atoms in total. The number of hydrogen-bond donors (Lipinski definition) is 2. The van der Waals surface area contributed by atoms with E-state index < -0.39 is 0 Å². The molecule has 1 aliphatic rings. The Balaban J connectivity index is 1.69. The molecule has 0 aliphatic carbocycles. The molecule has 3 rings (SSSR count). The second-order valence-electron chi connectivity index (χ2n) is 7.31. The number of fused-ring (bicyclic) bond motifs is 1. The quantitative estimate of drug-likeness (QED) is 0.767. The lowest BCUT2D eigenvalue weighted by molar-refractivity contribution is -0.131. The van der Waals surface area contributed by atoms with Crippen LogP contribution in [0.15, 0.2) is 24.3 Å². The monoisotopic (exact) mass is 384 g/mol. The fraction of sp³-hybridized carbons (Fsp3) is 0.476. The van der Waals surface area contributed by atoms with Crippen LogP contribution in [-0.4, -0.2) is 47.1 Å². The summed E-state index contributed by atoms with van der Waals surface area (Å²) in [6.45, 7) is 5.81. The number of hydrogen-bond acceptors (Lipinski definition) is 4. The minimum Gasteiger partial charge on any atom is -0.496 e. The number of rotatable bonds is 7. The zero-order chi connectivity index (χ0) is 20.1. The Hall–Kier alpha value is -2.83. The van der Waals surface area contributed by atoms with Crippen LogP contribution in [-0.2, 0) is 24.2 Å². The zero-order valence-corrected chi connectivity index (χ0v) is 16.7. The van der Waals surface area contributed by atoms with E-state index in [1.54, 1.807) is 12.0 Å². The van der Waals surface area contributed by atoms with Crippen LogP contribution in [0, 0.1) is 5.92 Å². The third-order valence-corrected chi connectivity index (χ3v) is 5.34. The van der Waals surface area contributed by atoms with Crippen LogP contribution >= 0.6 is 0 Å². The SMILES string of the molecule is CC[C@H](C)CNC(=O)c1n[nH]c2c1CN(C(=O)Cc1ccccc1OC)CC2. The van der Waals surface area contributed by atoms with Crippen molar-refractivity contribution in [2.24, 2.45) is 5.92 Å². The molecule has 2 heterocycles. The van der Waals surface area contributed by atoms with Crippen molar-refractivity contribution in [3.8, 4) is 5.75 Å². The summed E-state index contributed by atoms with van der Waals surface area (Å²) in [7, 11) is 1.60. The van der Waals surface area contributed by atoms with Crippen molar-refractivity contribution in [2.75, 3.05) is 20.2 Å². The number of amides is 2. The standard InChI is InChI=1S/C21H28N4O3/c1-4-14(2)12-22-21(27)20-16-13-25(10-9-17(16)23-24-20)19(26)11-15-7-5-6-8-18(15)28-3/h5-8,14H,4,9-13H2,1-3H3,(H,22,27)(H,23,24)/t14-/m0/s1. The average molecular weight is 384 g/mol. The lowest BCUT2D eigenvalue weighted by Crippen LogP contribution is -2.38. The second kappa shape index (κ2) is 8.91. The summed E-state index contributed by atoms with van der Waals surface area (Å²) < 4.78 is 5.34. The van der Waals surface area contributed by atoms with Crippen LogP contribution in [0.25, 0.3) is 0 Å². The van der Waals surface area contributed by atoms with Gasteiger partial charge >= 0.3 is 0 Å².